The third kappa shape index (κ3) is 6.58. The third-order valence-electron chi connectivity index (χ3n) is 5.76. The Labute approximate surface area is 198 Å². The maximum absolute atomic E-state index is 12.8. The van der Waals surface area contributed by atoms with Gasteiger partial charge in [0.2, 0.25) is 0 Å². The molecule has 0 spiro atoms. The fourth-order valence-electron chi connectivity index (χ4n) is 3.96. The molecule has 2 aliphatic rings. The summed E-state index contributed by atoms with van der Waals surface area (Å²) in [5.74, 6) is 4.59. The van der Waals surface area contributed by atoms with Crippen LogP contribution in [-0.4, -0.2) is 42.1 Å². The summed E-state index contributed by atoms with van der Waals surface area (Å²) in [5.41, 5.74) is 4.87. The van der Waals surface area contributed by atoms with E-state index in [0.29, 0.717) is 11.0 Å². The maximum Gasteiger partial charge on any atom is 0.278 e. The van der Waals surface area contributed by atoms with E-state index in [9.17, 15) is 8.78 Å². The maximum atomic E-state index is 12.8. The van der Waals surface area contributed by atoms with Crippen molar-refractivity contribution in [3.63, 3.8) is 0 Å². The number of piperidine rings is 1. The van der Waals surface area contributed by atoms with E-state index in [1.807, 2.05) is 26.0 Å². The van der Waals surface area contributed by atoms with Crippen LogP contribution in [0.4, 0.5) is 14.5 Å². The molecule has 4 nitrogen and oxygen atoms in total. The highest BCUT2D eigenvalue weighted by Gasteiger charge is 2.23. The summed E-state index contributed by atoms with van der Waals surface area (Å²) in [6, 6.07) is 16.6. The fourth-order valence-corrected chi connectivity index (χ4v) is 5.79. The van der Waals surface area contributed by atoms with Crippen molar-refractivity contribution in [2.75, 3.05) is 17.4 Å². The first kappa shape index (κ1) is 25.2. The smallest absolute Gasteiger partial charge is 0.278 e. The second-order valence-corrected chi connectivity index (χ2v) is 9.95. The molecular weight excluding hydrogens is 438 g/mol. The van der Waals surface area contributed by atoms with Gasteiger partial charge in [-0.3, -0.25) is 0 Å². The summed E-state index contributed by atoms with van der Waals surface area (Å²) >= 11 is 0. The number of benzene rings is 2. The predicted octanol–water partition coefficient (Wildman–Crippen LogP) is 6.21. The first-order valence-corrected chi connectivity index (χ1v) is 13.0. The summed E-state index contributed by atoms with van der Waals surface area (Å²) < 4.78 is 28.1. The molecule has 1 unspecified atom stereocenters. The highest BCUT2D eigenvalue weighted by atomic mass is 32.2. The Morgan fingerprint density at radius 2 is 1.79 bits per heavy atom. The van der Waals surface area contributed by atoms with Crippen molar-refractivity contribution in [1.29, 1.82) is 0 Å². The number of hydrogen-bond acceptors (Lipinski definition) is 4. The SMILES string of the molecule is C=S(C1CCNCC1)N(Cc1ccc(C2=NN=C(C(F)F)C2)cc1)c1cccc(C)c1.CC. The lowest BCUT2D eigenvalue weighted by Gasteiger charge is -2.35. The molecule has 1 N–H and O–H groups in total. The summed E-state index contributed by atoms with van der Waals surface area (Å²) in [4.78, 5) is 0. The molecule has 0 aliphatic carbocycles. The van der Waals surface area contributed by atoms with Gasteiger partial charge in [0, 0.05) is 17.4 Å². The molecule has 1 atom stereocenters. The standard InChI is InChI=1S/C24H28F2N4S.C2H6/c1-17-4-3-5-20(14-17)30(31(2)21-10-12-27-13-11-21)16-18-6-8-19(9-7-18)22-15-23(24(25)26)29-28-22;1-2/h3-9,14,21,24,27H,2,10-13,15-16H2,1H3;1-2H3. The Hall–Kier alpha value is -2.38. The molecule has 7 heteroatoms. The summed E-state index contributed by atoms with van der Waals surface area (Å²) in [6.07, 6.45) is -0.154. The van der Waals surface area contributed by atoms with Gasteiger partial charge >= 0.3 is 0 Å². The van der Waals surface area contributed by atoms with Crippen LogP contribution in [0.3, 0.4) is 0 Å². The Morgan fingerprint density at radius 3 is 2.39 bits per heavy atom. The number of nitrogens with zero attached hydrogens (tertiary/aromatic N) is 3. The predicted molar refractivity (Wildman–Crippen MR) is 140 cm³/mol. The average molecular weight is 473 g/mol. The van der Waals surface area contributed by atoms with E-state index in [4.69, 9.17) is 0 Å². The molecule has 0 saturated carbocycles. The summed E-state index contributed by atoms with van der Waals surface area (Å²) in [7, 11) is -0.153. The van der Waals surface area contributed by atoms with Gasteiger partial charge in [-0.25, -0.2) is 8.78 Å². The van der Waals surface area contributed by atoms with Gasteiger partial charge in [0.25, 0.3) is 6.43 Å². The minimum atomic E-state index is -2.55. The molecule has 2 heterocycles. The molecule has 0 radical (unpaired) electrons. The lowest BCUT2D eigenvalue weighted by atomic mass is 10.0. The third-order valence-corrected chi connectivity index (χ3v) is 7.90. The molecule has 4 rings (SSSR count). The van der Waals surface area contributed by atoms with Crippen molar-refractivity contribution in [2.45, 2.75) is 58.3 Å². The lowest BCUT2D eigenvalue weighted by molar-refractivity contribution is 0.224. The van der Waals surface area contributed by atoms with Crippen molar-refractivity contribution in [3.05, 3.63) is 65.2 Å². The van der Waals surface area contributed by atoms with Crippen LogP contribution >= 0.6 is 10.7 Å². The number of hydrogen-bond donors (Lipinski definition) is 1. The second kappa shape index (κ2) is 12.2. The Bertz CT molecular complexity index is 996. The summed E-state index contributed by atoms with van der Waals surface area (Å²) in [5, 5.41) is 11.6. The lowest BCUT2D eigenvalue weighted by Crippen LogP contribution is -2.33. The minimum Gasteiger partial charge on any atom is -0.318 e. The number of anilines is 1. The van der Waals surface area contributed by atoms with Crippen LogP contribution in [0.15, 0.2) is 58.7 Å². The van der Waals surface area contributed by atoms with Crippen LogP contribution in [0, 0.1) is 6.92 Å². The molecule has 0 bridgehead atoms. The monoisotopic (exact) mass is 472 g/mol. The Balaban J connectivity index is 0.00000149. The Kier molecular flexibility index (Phi) is 9.32. The number of aryl methyl sites for hydroxylation is 1. The molecule has 0 amide bonds. The van der Waals surface area contributed by atoms with Crippen LogP contribution in [0.5, 0.6) is 0 Å². The first-order valence-electron chi connectivity index (χ1n) is 11.6. The van der Waals surface area contributed by atoms with Crippen molar-refractivity contribution >= 4 is 33.7 Å². The molecule has 1 fully saturated rings. The zero-order valence-electron chi connectivity index (χ0n) is 19.7. The second-order valence-electron chi connectivity index (χ2n) is 8.04. The molecule has 2 aliphatic heterocycles. The van der Waals surface area contributed by atoms with Gasteiger partial charge < -0.3 is 9.62 Å². The zero-order chi connectivity index (χ0) is 23.8. The van der Waals surface area contributed by atoms with Crippen molar-refractivity contribution in [1.82, 2.24) is 5.32 Å². The fraction of sp³-hybridized carbons (Fsp3) is 0.423. The van der Waals surface area contributed by atoms with Gasteiger partial charge in [-0.05, 0) is 61.7 Å². The van der Waals surface area contributed by atoms with E-state index in [-0.39, 0.29) is 22.8 Å². The highest BCUT2D eigenvalue weighted by Crippen LogP contribution is 2.36. The topological polar surface area (TPSA) is 40.0 Å². The number of halogens is 2. The van der Waals surface area contributed by atoms with Gasteiger partial charge in [-0.1, -0.05) is 66.8 Å². The number of nitrogens with one attached hydrogen (secondary N) is 1. The molecule has 2 aromatic rings. The van der Waals surface area contributed by atoms with Crippen LogP contribution in [0.2, 0.25) is 0 Å². The van der Waals surface area contributed by atoms with Gasteiger partial charge in [0.1, 0.15) is 5.71 Å². The van der Waals surface area contributed by atoms with E-state index >= 15 is 0 Å². The number of alkyl halides is 2. The van der Waals surface area contributed by atoms with Gasteiger partial charge in [-0.2, -0.15) is 10.2 Å². The van der Waals surface area contributed by atoms with E-state index in [1.54, 1.807) is 0 Å². The first-order chi connectivity index (χ1) is 16.0. The molecule has 178 valence electrons. The van der Waals surface area contributed by atoms with E-state index < -0.39 is 6.43 Å². The Morgan fingerprint density at radius 1 is 1.09 bits per heavy atom. The minimum absolute atomic E-state index is 0.116. The normalized spacial score (nSPS) is 17.2. The quantitative estimate of drug-likeness (QED) is 0.487. The van der Waals surface area contributed by atoms with Crippen LogP contribution < -0.4 is 9.62 Å². The van der Waals surface area contributed by atoms with Crippen molar-refractivity contribution in [2.24, 2.45) is 10.2 Å². The summed E-state index contributed by atoms with van der Waals surface area (Å²) in [6.45, 7) is 8.96. The van der Waals surface area contributed by atoms with E-state index in [0.717, 1.165) is 43.6 Å². The van der Waals surface area contributed by atoms with Gasteiger partial charge in [0.15, 0.2) is 0 Å². The number of rotatable bonds is 7. The van der Waals surface area contributed by atoms with E-state index in [2.05, 4.69) is 69.0 Å². The zero-order valence-corrected chi connectivity index (χ0v) is 20.5. The van der Waals surface area contributed by atoms with E-state index in [1.165, 1.54) is 11.3 Å². The molecule has 33 heavy (non-hydrogen) atoms. The van der Waals surface area contributed by atoms with Crippen molar-refractivity contribution < 1.29 is 8.78 Å². The van der Waals surface area contributed by atoms with Gasteiger partial charge in [0.05, 0.1) is 12.3 Å². The highest BCUT2D eigenvalue weighted by molar-refractivity contribution is 8.15. The van der Waals surface area contributed by atoms with Gasteiger partial charge in [-0.15, -0.1) is 0 Å². The van der Waals surface area contributed by atoms with Crippen molar-refractivity contribution in [3.8, 4) is 0 Å². The van der Waals surface area contributed by atoms with Crippen LogP contribution in [0.25, 0.3) is 0 Å². The molecule has 0 aromatic heterocycles. The van der Waals surface area contributed by atoms with Crippen LogP contribution in [0.1, 0.15) is 49.8 Å². The molecule has 2 aromatic carbocycles. The molecular formula is C26H34F2N4S. The average Bonchev–Trinajstić information content (AvgIpc) is 3.35. The van der Waals surface area contributed by atoms with Crippen LogP contribution in [-0.2, 0) is 6.54 Å². The molecule has 1 saturated heterocycles. The largest absolute Gasteiger partial charge is 0.318 e.